The molecule has 0 saturated carbocycles. The highest BCUT2D eigenvalue weighted by atomic mass is 32.1. The third kappa shape index (κ3) is 5.54. The quantitative estimate of drug-likeness (QED) is 0.678. The van der Waals surface area contributed by atoms with Crippen molar-refractivity contribution in [1.29, 1.82) is 0 Å². The van der Waals surface area contributed by atoms with E-state index < -0.39 is 13.0 Å². The van der Waals surface area contributed by atoms with Crippen LogP contribution in [-0.4, -0.2) is 30.4 Å². The standard InChI is InChI=1S/C9H11F2NO2S/c10-9(11)5-14-2-1-7(13)3-8-4-12-6-15-8/h4,6,9H,1-3,5H2. The summed E-state index contributed by atoms with van der Waals surface area (Å²) >= 11 is 1.40. The number of ether oxygens (including phenoxy) is 1. The van der Waals surface area contributed by atoms with E-state index in [-0.39, 0.29) is 18.8 Å². The molecule has 1 aromatic rings. The Hall–Kier alpha value is -0.880. The Labute approximate surface area is 90.1 Å². The van der Waals surface area contributed by atoms with Gasteiger partial charge in [-0.05, 0) is 0 Å². The molecule has 0 aliphatic heterocycles. The smallest absolute Gasteiger partial charge is 0.261 e. The molecule has 6 heteroatoms. The van der Waals surface area contributed by atoms with E-state index in [9.17, 15) is 13.6 Å². The molecular weight excluding hydrogens is 224 g/mol. The van der Waals surface area contributed by atoms with Gasteiger partial charge in [0.05, 0.1) is 12.1 Å². The van der Waals surface area contributed by atoms with Crippen molar-refractivity contribution in [2.75, 3.05) is 13.2 Å². The molecule has 1 rings (SSSR count). The van der Waals surface area contributed by atoms with Gasteiger partial charge in [0, 0.05) is 23.9 Å². The Kier molecular flexibility index (Phi) is 5.34. The van der Waals surface area contributed by atoms with Crippen LogP contribution in [0, 0.1) is 0 Å². The predicted molar refractivity (Wildman–Crippen MR) is 52.3 cm³/mol. The monoisotopic (exact) mass is 235 g/mol. The largest absolute Gasteiger partial charge is 0.375 e. The van der Waals surface area contributed by atoms with Crippen molar-refractivity contribution in [3.05, 3.63) is 16.6 Å². The zero-order valence-electron chi connectivity index (χ0n) is 7.99. The van der Waals surface area contributed by atoms with Crippen molar-refractivity contribution >= 4 is 17.1 Å². The summed E-state index contributed by atoms with van der Waals surface area (Å²) in [5.74, 6) is -0.0199. The van der Waals surface area contributed by atoms with Gasteiger partial charge in [0.2, 0.25) is 0 Å². The van der Waals surface area contributed by atoms with Gasteiger partial charge in [0.1, 0.15) is 12.4 Å². The van der Waals surface area contributed by atoms with Gasteiger partial charge in [-0.15, -0.1) is 11.3 Å². The maximum atomic E-state index is 11.6. The molecule has 0 aromatic carbocycles. The predicted octanol–water partition coefficient (Wildman–Crippen LogP) is 1.93. The van der Waals surface area contributed by atoms with Crippen molar-refractivity contribution in [3.8, 4) is 0 Å². The molecule has 0 bridgehead atoms. The Morgan fingerprint density at radius 2 is 2.40 bits per heavy atom. The summed E-state index contributed by atoms with van der Waals surface area (Å²) in [6.07, 6.45) is -0.364. The van der Waals surface area contributed by atoms with Crippen LogP contribution < -0.4 is 0 Å². The van der Waals surface area contributed by atoms with Crippen LogP contribution >= 0.6 is 11.3 Å². The molecule has 0 saturated heterocycles. The number of Topliss-reactive ketones (excluding diaryl/α,β-unsaturated/α-hetero) is 1. The third-order valence-electron chi connectivity index (χ3n) is 1.62. The van der Waals surface area contributed by atoms with E-state index in [1.807, 2.05) is 0 Å². The van der Waals surface area contributed by atoms with Crippen LogP contribution in [0.25, 0.3) is 0 Å². The number of aromatic nitrogens is 1. The van der Waals surface area contributed by atoms with E-state index in [1.165, 1.54) is 11.3 Å². The highest BCUT2D eigenvalue weighted by Crippen LogP contribution is 2.07. The molecule has 0 aliphatic carbocycles. The number of thiazole rings is 1. The minimum Gasteiger partial charge on any atom is -0.375 e. The van der Waals surface area contributed by atoms with Crippen LogP contribution in [0.2, 0.25) is 0 Å². The summed E-state index contributed by atoms with van der Waals surface area (Å²) in [5.41, 5.74) is 1.65. The second-order valence-corrected chi connectivity index (χ2v) is 3.87. The minimum absolute atomic E-state index is 0.0199. The summed E-state index contributed by atoms with van der Waals surface area (Å²) in [4.78, 5) is 16.0. The van der Waals surface area contributed by atoms with E-state index in [0.29, 0.717) is 6.42 Å². The summed E-state index contributed by atoms with van der Waals surface area (Å²) in [5, 5.41) is 0. The molecule has 0 spiro atoms. The number of ketones is 1. The van der Waals surface area contributed by atoms with E-state index >= 15 is 0 Å². The second kappa shape index (κ2) is 6.58. The van der Waals surface area contributed by atoms with Crippen LogP contribution in [-0.2, 0) is 16.0 Å². The molecule has 1 aromatic heterocycles. The maximum Gasteiger partial charge on any atom is 0.261 e. The summed E-state index contributed by atoms with van der Waals surface area (Å²) in [7, 11) is 0. The van der Waals surface area contributed by atoms with Gasteiger partial charge in [-0.1, -0.05) is 0 Å². The van der Waals surface area contributed by atoms with Crippen molar-refractivity contribution < 1.29 is 18.3 Å². The zero-order chi connectivity index (χ0) is 11.1. The van der Waals surface area contributed by atoms with Crippen molar-refractivity contribution in [3.63, 3.8) is 0 Å². The van der Waals surface area contributed by atoms with Crippen molar-refractivity contribution in [2.45, 2.75) is 19.3 Å². The molecule has 0 radical (unpaired) electrons. The fraction of sp³-hybridized carbons (Fsp3) is 0.556. The van der Waals surface area contributed by atoms with Gasteiger partial charge in [-0.25, -0.2) is 8.78 Å². The first-order valence-corrected chi connectivity index (χ1v) is 5.31. The minimum atomic E-state index is -2.47. The van der Waals surface area contributed by atoms with Crippen LogP contribution in [0.5, 0.6) is 0 Å². The van der Waals surface area contributed by atoms with Crippen LogP contribution in [0.1, 0.15) is 11.3 Å². The van der Waals surface area contributed by atoms with E-state index in [4.69, 9.17) is 0 Å². The Morgan fingerprint density at radius 1 is 1.60 bits per heavy atom. The second-order valence-electron chi connectivity index (χ2n) is 2.90. The number of rotatable bonds is 7. The highest BCUT2D eigenvalue weighted by Gasteiger charge is 2.06. The number of nitrogens with zero attached hydrogens (tertiary/aromatic N) is 1. The number of alkyl halides is 2. The Bertz CT molecular complexity index is 290. The molecule has 84 valence electrons. The Balaban J connectivity index is 2.09. The number of carbonyl (C=O) groups is 1. The van der Waals surface area contributed by atoms with Crippen LogP contribution in [0.4, 0.5) is 8.78 Å². The molecular formula is C9H11F2NO2S. The van der Waals surface area contributed by atoms with Crippen LogP contribution in [0.3, 0.4) is 0 Å². The van der Waals surface area contributed by atoms with Gasteiger partial charge in [0.15, 0.2) is 0 Å². The number of carbonyl (C=O) groups excluding carboxylic acids is 1. The molecule has 0 atom stereocenters. The highest BCUT2D eigenvalue weighted by molar-refractivity contribution is 7.09. The molecule has 0 aliphatic rings. The first kappa shape index (κ1) is 12.2. The van der Waals surface area contributed by atoms with E-state index in [1.54, 1.807) is 11.7 Å². The number of hydrogen-bond donors (Lipinski definition) is 0. The molecule has 0 unspecified atom stereocenters. The van der Waals surface area contributed by atoms with E-state index in [0.717, 1.165) is 4.88 Å². The van der Waals surface area contributed by atoms with Gasteiger partial charge in [-0.3, -0.25) is 9.78 Å². The zero-order valence-corrected chi connectivity index (χ0v) is 8.80. The molecule has 3 nitrogen and oxygen atoms in total. The number of hydrogen-bond acceptors (Lipinski definition) is 4. The van der Waals surface area contributed by atoms with Gasteiger partial charge >= 0.3 is 0 Å². The first-order valence-electron chi connectivity index (χ1n) is 4.43. The van der Waals surface area contributed by atoms with Crippen molar-refractivity contribution in [1.82, 2.24) is 4.98 Å². The average molecular weight is 235 g/mol. The lowest BCUT2D eigenvalue weighted by Crippen LogP contribution is -2.10. The average Bonchev–Trinajstić information content (AvgIpc) is 2.64. The summed E-state index contributed by atoms with van der Waals surface area (Å²) in [6, 6.07) is 0. The fourth-order valence-corrected chi connectivity index (χ4v) is 1.59. The summed E-state index contributed by atoms with van der Waals surface area (Å²) < 4.78 is 27.9. The van der Waals surface area contributed by atoms with E-state index in [2.05, 4.69) is 9.72 Å². The lowest BCUT2D eigenvalue weighted by atomic mass is 10.2. The SMILES string of the molecule is O=C(CCOCC(F)F)Cc1cncs1. The lowest BCUT2D eigenvalue weighted by Gasteiger charge is -2.01. The van der Waals surface area contributed by atoms with Gasteiger partial charge in [0.25, 0.3) is 6.43 Å². The lowest BCUT2D eigenvalue weighted by molar-refractivity contribution is -0.119. The third-order valence-corrected chi connectivity index (χ3v) is 2.40. The molecule has 0 fully saturated rings. The Morgan fingerprint density at radius 3 is 3.00 bits per heavy atom. The fourth-order valence-electron chi connectivity index (χ4n) is 0.971. The van der Waals surface area contributed by atoms with Gasteiger partial charge in [-0.2, -0.15) is 0 Å². The maximum absolute atomic E-state index is 11.6. The normalized spacial score (nSPS) is 10.9. The number of halogens is 2. The molecule has 0 amide bonds. The van der Waals surface area contributed by atoms with Crippen molar-refractivity contribution in [2.24, 2.45) is 0 Å². The topological polar surface area (TPSA) is 39.2 Å². The van der Waals surface area contributed by atoms with Gasteiger partial charge < -0.3 is 4.74 Å². The van der Waals surface area contributed by atoms with Crippen LogP contribution in [0.15, 0.2) is 11.7 Å². The summed E-state index contributed by atoms with van der Waals surface area (Å²) in [6.45, 7) is -0.546. The first-order chi connectivity index (χ1) is 7.18. The molecule has 0 N–H and O–H groups in total. The molecule has 15 heavy (non-hydrogen) atoms. The molecule has 1 heterocycles.